The van der Waals surface area contributed by atoms with Crippen LogP contribution in [-0.4, -0.2) is 18.9 Å². The van der Waals surface area contributed by atoms with Crippen molar-refractivity contribution in [2.75, 3.05) is 6.54 Å². The molecule has 3 unspecified atom stereocenters. The number of hydrogen-bond acceptors (Lipinski definition) is 2. The van der Waals surface area contributed by atoms with E-state index in [4.69, 9.17) is 0 Å². The van der Waals surface area contributed by atoms with E-state index in [2.05, 4.69) is 23.4 Å². The molecule has 2 aliphatic heterocycles. The number of fused-ring (bicyclic) bond motifs is 1. The van der Waals surface area contributed by atoms with Gasteiger partial charge in [-0.15, -0.1) is 0 Å². The van der Waals surface area contributed by atoms with Crippen LogP contribution in [0.25, 0.3) is 0 Å². The van der Waals surface area contributed by atoms with Gasteiger partial charge in [0.2, 0.25) is 0 Å². The van der Waals surface area contributed by atoms with Gasteiger partial charge in [0.05, 0.1) is 0 Å². The highest BCUT2D eigenvalue weighted by atomic mass is 15.1. The summed E-state index contributed by atoms with van der Waals surface area (Å²) < 4.78 is 0. The molecule has 1 N–H and O–H groups in total. The Hall–Kier alpha value is -0.370. The molecule has 0 spiro atoms. The van der Waals surface area contributed by atoms with Gasteiger partial charge in [-0.25, -0.2) is 0 Å². The molecule has 0 aromatic carbocycles. The summed E-state index contributed by atoms with van der Waals surface area (Å²) in [6, 6.07) is 0. The first-order valence-electron chi connectivity index (χ1n) is 5.11. The molecule has 2 rings (SSSR count). The zero-order valence-corrected chi connectivity index (χ0v) is 7.79. The summed E-state index contributed by atoms with van der Waals surface area (Å²) in [5.74, 6) is 1.65. The van der Waals surface area contributed by atoms with Crippen LogP contribution >= 0.6 is 0 Å². The fraction of sp³-hybridized carbons (Fsp3) is 0.900. The van der Waals surface area contributed by atoms with Crippen LogP contribution in [0.3, 0.4) is 0 Å². The van der Waals surface area contributed by atoms with Crippen molar-refractivity contribution in [2.45, 2.75) is 38.8 Å². The van der Waals surface area contributed by atoms with Crippen LogP contribution in [-0.2, 0) is 0 Å². The molecule has 3 atom stereocenters. The lowest BCUT2D eigenvalue weighted by Gasteiger charge is -2.29. The van der Waals surface area contributed by atoms with Gasteiger partial charge in [0.15, 0.2) is 0 Å². The molecule has 2 heteroatoms. The molecule has 1 fully saturated rings. The average molecular weight is 166 g/mol. The van der Waals surface area contributed by atoms with Crippen LogP contribution in [0.1, 0.15) is 32.6 Å². The van der Waals surface area contributed by atoms with Gasteiger partial charge in [-0.1, -0.05) is 6.92 Å². The van der Waals surface area contributed by atoms with Crippen molar-refractivity contribution >= 4 is 6.21 Å². The Balaban J connectivity index is 2.04. The van der Waals surface area contributed by atoms with E-state index < -0.39 is 0 Å². The molecular weight excluding hydrogens is 148 g/mol. The largest absolute Gasteiger partial charge is 0.296 e. The SMILES string of the molecule is CC1CC=NC2NCCCC2C1. The Bertz CT molecular complexity index is 177. The second-order valence-corrected chi connectivity index (χ2v) is 4.21. The zero-order valence-electron chi connectivity index (χ0n) is 7.79. The fourth-order valence-corrected chi connectivity index (χ4v) is 2.33. The van der Waals surface area contributed by atoms with Crippen LogP contribution in [0.15, 0.2) is 4.99 Å². The molecule has 2 aliphatic rings. The molecular formula is C10H18N2. The van der Waals surface area contributed by atoms with Gasteiger partial charge in [-0.05, 0) is 44.1 Å². The molecule has 68 valence electrons. The van der Waals surface area contributed by atoms with E-state index in [1.54, 1.807) is 0 Å². The van der Waals surface area contributed by atoms with E-state index in [1.165, 1.54) is 25.7 Å². The number of hydrogen-bond donors (Lipinski definition) is 1. The van der Waals surface area contributed by atoms with E-state index in [1.807, 2.05) is 0 Å². The second kappa shape index (κ2) is 3.56. The topological polar surface area (TPSA) is 24.4 Å². The van der Waals surface area contributed by atoms with E-state index in [0.29, 0.717) is 6.17 Å². The van der Waals surface area contributed by atoms with Crippen LogP contribution in [0.5, 0.6) is 0 Å². The highest BCUT2D eigenvalue weighted by Gasteiger charge is 2.26. The predicted octanol–water partition coefficient (Wildman–Crippen LogP) is 1.81. The monoisotopic (exact) mass is 166 g/mol. The van der Waals surface area contributed by atoms with Gasteiger partial charge in [0.25, 0.3) is 0 Å². The number of nitrogens with zero attached hydrogens (tertiary/aromatic N) is 1. The quantitative estimate of drug-likeness (QED) is 0.583. The van der Waals surface area contributed by atoms with Gasteiger partial charge in [0, 0.05) is 6.21 Å². The standard InChI is InChI=1S/C10H18N2/c1-8-4-6-12-10-9(7-8)3-2-5-11-10/h6,8-11H,2-5,7H2,1H3. The van der Waals surface area contributed by atoms with Crippen molar-refractivity contribution in [2.24, 2.45) is 16.8 Å². The minimum absolute atomic E-state index is 0.448. The summed E-state index contributed by atoms with van der Waals surface area (Å²) >= 11 is 0. The molecule has 1 saturated heterocycles. The Morgan fingerprint density at radius 3 is 3.33 bits per heavy atom. The van der Waals surface area contributed by atoms with Gasteiger partial charge in [-0.3, -0.25) is 10.3 Å². The second-order valence-electron chi connectivity index (χ2n) is 4.21. The van der Waals surface area contributed by atoms with E-state index >= 15 is 0 Å². The summed E-state index contributed by atoms with van der Waals surface area (Å²) in [6.07, 6.45) is 7.81. The number of aliphatic imine (C=N–C) groups is 1. The third-order valence-corrected chi connectivity index (χ3v) is 3.03. The zero-order chi connectivity index (χ0) is 8.39. The maximum absolute atomic E-state index is 4.56. The van der Waals surface area contributed by atoms with Crippen molar-refractivity contribution in [1.82, 2.24) is 5.32 Å². The van der Waals surface area contributed by atoms with Crippen LogP contribution < -0.4 is 5.32 Å². The molecule has 0 amide bonds. The van der Waals surface area contributed by atoms with Crippen LogP contribution in [0, 0.1) is 11.8 Å². The number of nitrogens with one attached hydrogen (secondary N) is 1. The van der Waals surface area contributed by atoms with Crippen LogP contribution in [0.2, 0.25) is 0 Å². The van der Waals surface area contributed by atoms with Gasteiger partial charge in [0.1, 0.15) is 6.17 Å². The molecule has 2 nitrogen and oxygen atoms in total. The molecule has 12 heavy (non-hydrogen) atoms. The highest BCUT2D eigenvalue weighted by molar-refractivity contribution is 5.58. The number of piperidine rings is 1. The van der Waals surface area contributed by atoms with E-state index in [-0.39, 0.29) is 0 Å². The Labute approximate surface area is 74.5 Å². The normalized spacial score (nSPS) is 41.9. The lowest BCUT2D eigenvalue weighted by Crippen LogP contribution is -2.39. The van der Waals surface area contributed by atoms with Crippen molar-refractivity contribution in [3.05, 3.63) is 0 Å². The molecule has 0 saturated carbocycles. The lowest BCUT2D eigenvalue weighted by molar-refractivity contribution is 0.253. The Morgan fingerprint density at radius 2 is 2.42 bits per heavy atom. The van der Waals surface area contributed by atoms with E-state index in [9.17, 15) is 0 Å². The highest BCUT2D eigenvalue weighted by Crippen LogP contribution is 2.27. The van der Waals surface area contributed by atoms with Crippen LogP contribution in [0.4, 0.5) is 0 Å². The van der Waals surface area contributed by atoms with Crippen molar-refractivity contribution < 1.29 is 0 Å². The summed E-state index contributed by atoms with van der Waals surface area (Å²) in [5, 5.41) is 3.48. The summed E-state index contributed by atoms with van der Waals surface area (Å²) in [7, 11) is 0. The van der Waals surface area contributed by atoms with E-state index in [0.717, 1.165) is 18.4 Å². The molecule has 2 heterocycles. The third kappa shape index (κ3) is 1.69. The minimum atomic E-state index is 0.448. The first kappa shape index (κ1) is 8.24. The third-order valence-electron chi connectivity index (χ3n) is 3.03. The van der Waals surface area contributed by atoms with Gasteiger partial charge in [-0.2, -0.15) is 0 Å². The summed E-state index contributed by atoms with van der Waals surface area (Å²) in [4.78, 5) is 4.56. The lowest BCUT2D eigenvalue weighted by atomic mass is 9.87. The molecule has 0 bridgehead atoms. The molecule has 0 aromatic rings. The summed E-state index contributed by atoms with van der Waals surface area (Å²) in [6.45, 7) is 3.50. The molecule has 0 aliphatic carbocycles. The molecule has 0 aromatic heterocycles. The average Bonchev–Trinajstić information content (AvgIpc) is 2.25. The Morgan fingerprint density at radius 1 is 1.50 bits per heavy atom. The summed E-state index contributed by atoms with van der Waals surface area (Å²) in [5.41, 5.74) is 0. The van der Waals surface area contributed by atoms with Crippen molar-refractivity contribution in [3.8, 4) is 0 Å². The first-order valence-corrected chi connectivity index (χ1v) is 5.11. The predicted molar refractivity (Wildman–Crippen MR) is 51.4 cm³/mol. The smallest absolute Gasteiger partial charge is 0.102 e. The Kier molecular flexibility index (Phi) is 2.45. The number of rotatable bonds is 0. The fourth-order valence-electron chi connectivity index (χ4n) is 2.33. The maximum atomic E-state index is 4.56. The van der Waals surface area contributed by atoms with Crippen molar-refractivity contribution in [1.29, 1.82) is 0 Å². The van der Waals surface area contributed by atoms with Gasteiger partial charge >= 0.3 is 0 Å². The van der Waals surface area contributed by atoms with Gasteiger partial charge < -0.3 is 0 Å². The van der Waals surface area contributed by atoms with Crippen molar-refractivity contribution in [3.63, 3.8) is 0 Å². The first-order chi connectivity index (χ1) is 5.86. The maximum Gasteiger partial charge on any atom is 0.102 e. The minimum Gasteiger partial charge on any atom is -0.296 e. The molecule has 0 radical (unpaired) electrons.